The van der Waals surface area contributed by atoms with Crippen molar-refractivity contribution in [2.75, 3.05) is 19.7 Å². The highest BCUT2D eigenvalue weighted by Gasteiger charge is 2.14. The maximum atomic E-state index is 13.4. The van der Waals surface area contributed by atoms with Crippen molar-refractivity contribution in [1.82, 2.24) is 5.32 Å². The van der Waals surface area contributed by atoms with Crippen LogP contribution in [0.25, 0.3) is 0 Å². The average molecular weight is 288 g/mol. The highest BCUT2D eigenvalue weighted by molar-refractivity contribution is 9.10. The van der Waals surface area contributed by atoms with Crippen molar-refractivity contribution in [2.45, 2.75) is 12.8 Å². The first kappa shape index (κ1) is 11.9. The first-order chi connectivity index (χ1) is 7.75. The Kier molecular flexibility index (Phi) is 4.18. The molecule has 1 unspecified atom stereocenters. The Labute approximate surface area is 103 Å². The van der Waals surface area contributed by atoms with Crippen LogP contribution >= 0.6 is 15.9 Å². The molecule has 0 amide bonds. The van der Waals surface area contributed by atoms with E-state index < -0.39 is 0 Å². The molecule has 2 nitrogen and oxygen atoms in total. The summed E-state index contributed by atoms with van der Waals surface area (Å²) < 4.78 is 19.7. The number of benzene rings is 1. The summed E-state index contributed by atoms with van der Waals surface area (Å²) in [6.07, 6.45) is 2.33. The van der Waals surface area contributed by atoms with Crippen LogP contribution in [0.3, 0.4) is 0 Å². The fourth-order valence-electron chi connectivity index (χ4n) is 1.86. The van der Waals surface area contributed by atoms with Crippen molar-refractivity contribution >= 4 is 15.9 Å². The molecular formula is C12H15BrFNO. The lowest BCUT2D eigenvalue weighted by molar-refractivity contribution is 0.211. The van der Waals surface area contributed by atoms with Crippen LogP contribution in [0.4, 0.5) is 4.39 Å². The fraction of sp³-hybridized carbons (Fsp3) is 0.500. The van der Waals surface area contributed by atoms with E-state index in [1.807, 2.05) is 0 Å². The van der Waals surface area contributed by atoms with Crippen molar-refractivity contribution in [3.8, 4) is 5.75 Å². The van der Waals surface area contributed by atoms with Crippen LogP contribution in [0.2, 0.25) is 0 Å². The fourth-order valence-corrected chi connectivity index (χ4v) is 2.20. The van der Waals surface area contributed by atoms with Crippen molar-refractivity contribution in [1.29, 1.82) is 0 Å². The van der Waals surface area contributed by atoms with Gasteiger partial charge in [-0.2, -0.15) is 0 Å². The Morgan fingerprint density at radius 1 is 1.50 bits per heavy atom. The minimum absolute atomic E-state index is 0.299. The molecule has 0 radical (unpaired) electrons. The zero-order valence-electron chi connectivity index (χ0n) is 9.01. The molecule has 0 aromatic heterocycles. The van der Waals surface area contributed by atoms with Gasteiger partial charge in [-0.3, -0.25) is 0 Å². The van der Waals surface area contributed by atoms with E-state index in [1.54, 1.807) is 12.1 Å². The van der Waals surface area contributed by atoms with E-state index in [9.17, 15) is 4.39 Å². The van der Waals surface area contributed by atoms with E-state index in [2.05, 4.69) is 21.2 Å². The monoisotopic (exact) mass is 287 g/mol. The first-order valence-corrected chi connectivity index (χ1v) is 6.33. The highest BCUT2D eigenvalue weighted by Crippen LogP contribution is 2.23. The number of piperidine rings is 1. The van der Waals surface area contributed by atoms with Gasteiger partial charge in [-0.15, -0.1) is 0 Å². The van der Waals surface area contributed by atoms with E-state index in [4.69, 9.17) is 4.74 Å². The Morgan fingerprint density at radius 2 is 2.38 bits per heavy atom. The molecule has 1 atom stereocenters. The Hall–Kier alpha value is -0.610. The number of rotatable bonds is 3. The van der Waals surface area contributed by atoms with Gasteiger partial charge in [0, 0.05) is 16.9 Å². The lowest BCUT2D eigenvalue weighted by Crippen LogP contribution is -2.33. The van der Waals surface area contributed by atoms with Crippen molar-refractivity contribution in [3.05, 3.63) is 28.5 Å². The maximum Gasteiger partial charge on any atom is 0.165 e. The SMILES string of the molecule is Fc1ccc(Br)cc1OCC1CCCNC1. The molecule has 1 aliphatic rings. The largest absolute Gasteiger partial charge is 0.490 e. The minimum Gasteiger partial charge on any atom is -0.490 e. The smallest absolute Gasteiger partial charge is 0.165 e. The van der Waals surface area contributed by atoms with Gasteiger partial charge >= 0.3 is 0 Å². The molecule has 0 aliphatic carbocycles. The van der Waals surface area contributed by atoms with Crippen LogP contribution in [0.1, 0.15) is 12.8 Å². The summed E-state index contributed by atoms with van der Waals surface area (Å²) in [7, 11) is 0. The van der Waals surface area contributed by atoms with E-state index >= 15 is 0 Å². The van der Waals surface area contributed by atoms with Crippen LogP contribution in [0.15, 0.2) is 22.7 Å². The summed E-state index contributed by atoms with van der Waals surface area (Å²) in [4.78, 5) is 0. The predicted molar refractivity (Wildman–Crippen MR) is 65.2 cm³/mol. The van der Waals surface area contributed by atoms with E-state index in [-0.39, 0.29) is 5.82 Å². The maximum absolute atomic E-state index is 13.4. The third kappa shape index (κ3) is 3.19. The quantitative estimate of drug-likeness (QED) is 0.923. The second-order valence-electron chi connectivity index (χ2n) is 4.10. The van der Waals surface area contributed by atoms with E-state index in [0.717, 1.165) is 24.0 Å². The summed E-state index contributed by atoms with van der Waals surface area (Å²) in [5.41, 5.74) is 0. The van der Waals surface area contributed by atoms with Crippen LogP contribution < -0.4 is 10.1 Å². The van der Waals surface area contributed by atoms with Gasteiger partial charge in [-0.1, -0.05) is 15.9 Å². The molecule has 88 valence electrons. The van der Waals surface area contributed by atoms with Crippen LogP contribution in [-0.2, 0) is 0 Å². The lowest BCUT2D eigenvalue weighted by atomic mass is 10.0. The molecule has 1 aromatic rings. The van der Waals surface area contributed by atoms with Gasteiger partial charge < -0.3 is 10.1 Å². The number of hydrogen-bond donors (Lipinski definition) is 1. The average Bonchev–Trinajstić information content (AvgIpc) is 2.32. The topological polar surface area (TPSA) is 21.3 Å². The molecule has 16 heavy (non-hydrogen) atoms. The summed E-state index contributed by atoms with van der Waals surface area (Å²) in [6.45, 7) is 2.64. The summed E-state index contributed by atoms with van der Waals surface area (Å²) in [5.74, 6) is 0.527. The third-order valence-corrected chi connectivity index (χ3v) is 3.26. The molecular weight excluding hydrogens is 273 g/mol. The Bertz CT molecular complexity index is 353. The second kappa shape index (κ2) is 5.64. The van der Waals surface area contributed by atoms with Gasteiger partial charge in [0.1, 0.15) is 0 Å². The zero-order valence-corrected chi connectivity index (χ0v) is 10.6. The number of ether oxygens (including phenoxy) is 1. The molecule has 1 N–H and O–H groups in total. The van der Waals surface area contributed by atoms with Crippen LogP contribution in [0, 0.1) is 11.7 Å². The molecule has 1 aliphatic heterocycles. The van der Waals surface area contributed by atoms with Gasteiger partial charge in [0.2, 0.25) is 0 Å². The van der Waals surface area contributed by atoms with Gasteiger partial charge in [0.25, 0.3) is 0 Å². The Balaban J connectivity index is 1.90. The summed E-state index contributed by atoms with van der Waals surface area (Å²) in [6, 6.07) is 4.76. The molecule has 1 heterocycles. The number of nitrogens with one attached hydrogen (secondary N) is 1. The van der Waals surface area contributed by atoms with Crippen molar-refractivity contribution < 1.29 is 9.13 Å². The Morgan fingerprint density at radius 3 is 3.12 bits per heavy atom. The molecule has 1 saturated heterocycles. The molecule has 1 aromatic carbocycles. The molecule has 4 heteroatoms. The molecule has 1 fully saturated rings. The van der Waals surface area contributed by atoms with Gasteiger partial charge in [-0.05, 0) is 37.6 Å². The molecule has 0 saturated carbocycles. The minimum atomic E-state index is -0.299. The third-order valence-electron chi connectivity index (χ3n) is 2.77. The summed E-state index contributed by atoms with van der Waals surface area (Å²) in [5, 5.41) is 3.31. The van der Waals surface area contributed by atoms with E-state index in [1.165, 1.54) is 12.5 Å². The number of halogens is 2. The summed E-state index contributed by atoms with van der Waals surface area (Å²) >= 11 is 3.30. The van der Waals surface area contributed by atoms with E-state index in [0.29, 0.717) is 18.3 Å². The van der Waals surface area contributed by atoms with Gasteiger partial charge in [-0.25, -0.2) is 4.39 Å². The predicted octanol–water partition coefficient (Wildman–Crippen LogP) is 2.97. The van der Waals surface area contributed by atoms with Crippen LogP contribution in [-0.4, -0.2) is 19.7 Å². The van der Waals surface area contributed by atoms with Gasteiger partial charge in [0.15, 0.2) is 11.6 Å². The first-order valence-electron chi connectivity index (χ1n) is 5.54. The molecule has 2 rings (SSSR count). The normalized spacial score (nSPS) is 20.8. The molecule has 0 spiro atoms. The van der Waals surface area contributed by atoms with Crippen molar-refractivity contribution in [3.63, 3.8) is 0 Å². The molecule has 0 bridgehead atoms. The number of hydrogen-bond acceptors (Lipinski definition) is 2. The lowest BCUT2D eigenvalue weighted by Gasteiger charge is -2.22. The van der Waals surface area contributed by atoms with Crippen LogP contribution in [0.5, 0.6) is 5.75 Å². The second-order valence-corrected chi connectivity index (χ2v) is 5.01. The zero-order chi connectivity index (χ0) is 11.4. The van der Waals surface area contributed by atoms with Gasteiger partial charge in [0.05, 0.1) is 6.61 Å². The van der Waals surface area contributed by atoms with Crippen molar-refractivity contribution in [2.24, 2.45) is 5.92 Å². The highest BCUT2D eigenvalue weighted by atomic mass is 79.9. The standard InChI is InChI=1S/C12H15BrFNO/c13-10-3-4-11(14)12(6-10)16-8-9-2-1-5-15-7-9/h3-4,6,9,15H,1-2,5,7-8H2.